The molecule has 0 radical (unpaired) electrons. The number of nitrogens with one attached hydrogen (secondary N) is 4. The van der Waals surface area contributed by atoms with Crippen molar-refractivity contribution in [3.8, 4) is 23.2 Å². The highest BCUT2D eigenvalue weighted by Gasteiger charge is 2.58. The summed E-state index contributed by atoms with van der Waals surface area (Å²) in [5.41, 5.74) is -3.66. The van der Waals surface area contributed by atoms with Crippen LogP contribution in [-0.2, 0) is 36.8 Å². The fourth-order valence-electron chi connectivity index (χ4n) is 9.14. The number of alkyl halides is 6. The Morgan fingerprint density at radius 3 is 1.99 bits per heavy atom. The molecule has 0 spiro atoms. The summed E-state index contributed by atoms with van der Waals surface area (Å²) in [6.07, 6.45) is -13.2. The van der Waals surface area contributed by atoms with E-state index in [9.17, 15) is 50.6 Å². The Kier molecular flexibility index (Phi) is 17.8. The molecule has 0 saturated carbocycles. The molecule has 3 fully saturated rings. The highest BCUT2D eigenvalue weighted by Crippen LogP contribution is 2.43. The topological polar surface area (TPSA) is 213 Å². The van der Waals surface area contributed by atoms with Crippen LogP contribution in [0.25, 0.3) is 11.4 Å². The van der Waals surface area contributed by atoms with Gasteiger partial charge in [0.15, 0.2) is 11.9 Å². The molecule has 2 aromatic heterocycles. The van der Waals surface area contributed by atoms with Crippen molar-refractivity contribution >= 4 is 29.8 Å². The van der Waals surface area contributed by atoms with E-state index in [4.69, 9.17) is 9.47 Å². The van der Waals surface area contributed by atoms with Crippen molar-refractivity contribution in [1.82, 2.24) is 46.2 Å². The number of ether oxygens (including phenoxy) is 3. The number of carbonyl (C=O) groups is 4. The Morgan fingerprint density at radius 1 is 0.821 bits per heavy atom. The predicted molar refractivity (Wildman–Crippen MR) is 263 cm³/mol. The summed E-state index contributed by atoms with van der Waals surface area (Å²) in [5, 5.41) is 18.8. The number of likely N-dealkylation sites (tertiary alicyclic amines) is 1. The highest BCUT2D eigenvalue weighted by molar-refractivity contribution is 5.87. The Bertz CT molecular complexity index is 2830. The SMILES string of the molecule is CNC(=O)O[C@H](C(=O)NN(Cc1c(F)cc(-c2ncccn2)cc1F)C[C@H](O)[C@H](Cc1ccc(C#Cc2ccc(N3C[C@H]4C[C@@H]3CN4C3COC3)nc2)cc1)NC(=O)[C@@H](NC(=O)OC)C(C)(C)C(F)(F)F)C(C)(C)C(F)(F)F. The zero-order chi connectivity index (χ0) is 56.9. The van der Waals surface area contributed by atoms with Gasteiger partial charge in [-0.15, -0.1) is 0 Å². The van der Waals surface area contributed by atoms with E-state index in [1.54, 1.807) is 18.3 Å². The van der Waals surface area contributed by atoms with Gasteiger partial charge in [0.25, 0.3) is 5.91 Å². The minimum absolute atomic E-state index is 0.0999. The van der Waals surface area contributed by atoms with E-state index in [0.717, 1.165) is 64.8 Å². The molecule has 0 unspecified atom stereocenters. The first-order valence-electron chi connectivity index (χ1n) is 24.5. The second-order valence-electron chi connectivity index (χ2n) is 20.2. The summed E-state index contributed by atoms with van der Waals surface area (Å²) < 4.78 is 134. The number of aromatic nitrogens is 3. The lowest BCUT2D eigenvalue weighted by Gasteiger charge is -2.42. The van der Waals surface area contributed by atoms with Gasteiger partial charge in [-0.05, 0) is 88.6 Å². The molecule has 5 N–H and O–H groups in total. The van der Waals surface area contributed by atoms with Crippen LogP contribution in [0.3, 0.4) is 0 Å². The first-order chi connectivity index (χ1) is 36.7. The number of hydrazine groups is 1. The van der Waals surface area contributed by atoms with Crippen LogP contribution in [0.4, 0.5) is 50.5 Å². The van der Waals surface area contributed by atoms with Crippen LogP contribution >= 0.6 is 0 Å². The van der Waals surface area contributed by atoms with Gasteiger partial charge in [0.1, 0.15) is 28.9 Å². The first kappa shape index (κ1) is 58.5. The maximum absolute atomic E-state index is 16.0. The summed E-state index contributed by atoms with van der Waals surface area (Å²) in [7, 11) is 1.84. The number of amides is 4. The molecule has 18 nitrogen and oxygen atoms in total. The summed E-state index contributed by atoms with van der Waals surface area (Å²) in [6.45, 7) is 3.51. The number of alkyl carbamates (subject to hydrolysis) is 2. The van der Waals surface area contributed by atoms with Gasteiger partial charge in [-0.25, -0.2) is 38.3 Å². The normalized spacial score (nSPS) is 18.4. The van der Waals surface area contributed by atoms with Crippen LogP contribution in [-0.4, -0.2) is 156 Å². The van der Waals surface area contributed by atoms with Gasteiger partial charge >= 0.3 is 24.5 Å². The number of piperazine rings is 1. The number of halogens is 8. The predicted octanol–water partition coefficient (Wildman–Crippen LogP) is 5.43. The molecule has 420 valence electrons. The molecule has 78 heavy (non-hydrogen) atoms. The van der Waals surface area contributed by atoms with E-state index in [2.05, 4.69) is 52.1 Å². The number of methoxy groups -OCH3 is 1. The molecule has 3 aliphatic rings. The minimum Gasteiger partial charge on any atom is -0.453 e. The lowest BCUT2D eigenvalue weighted by molar-refractivity contribution is -0.239. The lowest BCUT2D eigenvalue weighted by atomic mass is 9.82. The Morgan fingerprint density at radius 2 is 1.45 bits per heavy atom. The second kappa shape index (κ2) is 23.8. The van der Waals surface area contributed by atoms with Gasteiger partial charge in [-0.2, -0.15) is 26.3 Å². The number of carbonyl (C=O) groups excluding carboxylic acids is 4. The van der Waals surface area contributed by atoms with Crippen molar-refractivity contribution in [2.24, 2.45) is 10.8 Å². The number of hydrogen-bond donors (Lipinski definition) is 5. The van der Waals surface area contributed by atoms with Crippen LogP contribution in [0.2, 0.25) is 0 Å². The minimum atomic E-state index is -5.22. The smallest absolute Gasteiger partial charge is 0.407 e. The number of pyridine rings is 1. The largest absolute Gasteiger partial charge is 0.453 e. The van der Waals surface area contributed by atoms with Crippen molar-refractivity contribution < 1.29 is 73.6 Å². The molecule has 3 aliphatic heterocycles. The number of benzene rings is 2. The molecule has 3 saturated heterocycles. The third-order valence-corrected chi connectivity index (χ3v) is 14.2. The number of nitrogens with zero attached hydrogens (tertiary/aromatic N) is 6. The third-order valence-electron chi connectivity index (χ3n) is 14.2. The Hall–Kier alpha value is -7.21. The van der Waals surface area contributed by atoms with Crippen molar-refractivity contribution in [3.05, 3.63) is 107 Å². The number of rotatable bonds is 18. The molecule has 4 amide bonds. The molecule has 6 atom stereocenters. The number of fused-ring (bicyclic) bond motifs is 2. The summed E-state index contributed by atoms with van der Waals surface area (Å²) in [6, 6.07) is 10.1. The number of anilines is 1. The molecule has 5 heterocycles. The van der Waals surface area contributed by atoms with Gasteiger partial charge in [-0.1, -0.05) is 24.0 Å². The van der Waals surface area contributed by atoms with Crippen LogP contribution in [0.1, 0.15) is 56.4 Å². The summed E-state index contributed by atoms with van der Waals surface area (Å²) in [4.78, 5) is 70.2. The molecular weight excluding hydrogens is 1040 g/mol. The molecule has 2 bridgehead atoms. The molecule has 7 rings (SSSR count). The van der Waals surface area contributed by atoms with Gasteiger partial charge in [-0.3, -0.25) is 19.9 Å². The fraction of sp³-hybridized carbons (Fsp3) is 0.481. The van der Waals surface area contributed by atoms with Crippen LogP contribution in [0.15, 0.2) is 73.2 Å². The van der Waals surface area contributed by atoms with Crippen LogP contribution in [0.5, 0.6) is 0 Å². The average molecular weight is 1100 g/mol. The van der Waals surface area contributed by atoms with Crippen LogP contribution < -0.4 is 26.3 Å². The van der Waals surface area contributed by atoms with E-state index in [-0.39, 0.29) is 11.4 Å². The number of aliphatic hydroxyl groups is 1. The zero-order valence-corrected chi connectivity index (χ0v) is 43.1. The maximum atomic E-state index is 16.0. The van der Waals surface area contributed by atoms with Crippen molar-refractivity contribution in [1.29, 1.82) is 0 Å². The van der Waals surface area contributed by atoms with E-state index in [1.807, 2.05) is 22.8 Å². The van der Waals surface area contributed by atoms with E-state index < -0.39 is 108 Å². The maximum Gasteiger partial charge on any atom is 0.407 e. The van der Waals surface area contributed by atoms with Gasteiger partial charge in [0, 0.05) is 86.2 Å². The van der Waals surface area contributed by atoms with E-state index in [0.29, 0.717) is 67.5 Å². The standard InChI is InChI=1S/C52H58F8N10O8/c1-49(2,51(55,56)57)42(66-48(75)76-6)45(72)65-39(18-30-11-8-29(9-12-30)10-13-31-14-15-41(64-22-31)70-24-33-21-34(70)23-69(33)35-27-77-28-35)40(71)26-68(67-46(73)43(78-47(74)61-5)50(3,4)52(58,59)60)25-36-37(53)19-32(20-38(36)54)44-62-16-7-17-63-44/h7-9,11-12,14-17,19-20,22,33-35,39-40,42-43,71H,18,21,23-28H2,1-6H3,(H,61,74)(H,65,72)(H,66,75)(H,67,73)/t33-,34-,39+,40+,42-,43-/m1/s1. The molecule has 4 aromatic rings. The lowest BCUT2D eigenvalue weighted by Crippen LogP contribution is -2.62. The monoisotopic (exact) mass is 1100 g/mol. The quantitative estimate of drug-likeness (QED) is 0.0478. The zero-order valence-electron chi connectivity index (χ0n) is 43.1. The number of hydrogen-bond acceptors (Lipinski definition) is 14. The van der Waals surface area contributed by atoms with E-state index >= 15 is 8.78 Å². The van der Waals surface area contributed by atoms with Crippen molar-refractivity contribution in [3.63, 3.8) is 0 Å². The molecular formula is C52H58F8N10O8. The van der Waals surface area contributed by atoms with Gasteiger partial charge in [0.05, 0.1) is 43.9 Å². The Balaban J connectivity index is 1.18. The highest BCUT2D eigenvalue weighted by atomic mass is 19.4. The van der Waals surface area contributed by atoms with Crippen molar-refractivity contribution in [2.45, 2.75) is 102 Å². The van der Waals surface area contributed by atoms with Crippen molar-refractivity contribution in [2.75, 3.05) is 51.9 Å². The molecule has 26 heteroatoms. The molecule has 0 aliphatic carbocycles. The fourth-order valence-corrected chi connectivity index (χ4v) is 9.14. The summed E-state index contributed by atoms with van der Waals surface area (Å²) >= 11 is 0. The van der Waals surface area contributed by atoms with E-state index in [1.165, 1.54) is 30.6 Å². The first-order valence-corrected chi connectivity index (χ1v) is 24.5. The third kappa shape index (κ3) is 13.4. The molecule has 2 aromatic carbocycles. The Labute approximate surface area is 443 Å². The second-order valence-corrected chi connectivity index (χ2v) is 20.2. The average Bonchev–Trinajstić information content (AvgIpc) is 3.98. The van der Waals surface area contributed by atoms with Gasteiger partial charge < -0.3 is 40.2 Å². The van der Waals surface area contributed by atoms with Crippen LogP contribution in [0, 0.1) is 34.3 Å². The van der Waals surface area contributed by atoms with Gasteiger partial charge in [0.2, 0.25) is 5.91 Å². The number of aliphatic hydroxyl groups excluding tert-OH is 1. The summed E-state index contributed by atoms with van der Waals surface area (Å²) in [5.74, 6) is 1.03.